The molecule has 0 aromatic heterocycles. The predicted octanol–water partition coefficient (Wildman–Crippen LogP) is 2.67. The van der Waals surface area contributed by atoms with Crippen LogP contribution in [0.5, 0.6) is 5.75 Å². The number of ether oxygens (including phenoxy) is 2. The van der Waals surface area contributed by atoms with Crippen molar-refractivity contribution in [2.24, 2.45) is 4.99 Å². The van der Waals surface area contributed by atoms with E-state index in [2.05, 4.69) is 15.2 Å². The van der Waals surface area contributed by atoms with Gasteiger partial charge in [-0.15, -0.1) is 0 Å². The summed E-state index contributed by atoms with van der Waals surface area (Å²) in [6, 6.07) is 6.09. The molecule has 5 nitrogen and oxygen atoms in total. The van der Waals surface area contributed by atoms with Crippen LogP contribution in [0.25, 0.3) is 0 Å². The number of halogens is 1. The van der Waals surface area contributed by atoms with Crippen LogP contribution in [0.15, 0.2) is 29.3 Å². The minimum atomic E-state index is -0.249. The smallest absolute Gasteiger partial charge is 0.193 e. The Balaban J connectivity index is 1.62. The molecule has 1 aromatic rings. The summed E-state index contributed by atoms with van der Waals surface area (Å²) in [5, 5.41) is 3.38. The highest BCUT2D eigenvalue weighted by molar-refractivity contribution is 5.79. The summed E-state index contributed by atoms with van der Waals surface area (Å²) in [7, 11) is 1.81. The molecule has 1 aromatic carbocycles. The van der Waals surface area contributed by atoms with Crippen LogP contribution in [0.2, 0.25) is 0 Å². The lowest BCUT2D eigenvalue weighted by molar-refractivity contribution is 0.0264. The van der Waals surface area contributed by atoms with E-state index < -0.39 is 0 Å². The zero-order valence-electron chi connectivity index (χ0n) is 14.6. The summed E-state index contributed by atoms with van der Waals surface area (Å²) >= 11 is 0. The molecule has 1 heterocycles. The summed E-state index contributed by atoms with van der Waals surface area (Å²) in [6.07, 6.45) is 3.32. The van der Waals surface area contributed by atoms with Crippen molar-refractivity contribution in [2.45, 2.75) is 32.3 Å². The van der Waals surface area contributed by atoms with Gasteiger partial charge in [0.25, 0.3) is 0 Å². The molecule has 1 fully saturated rings. The Hall–Kier alpha value is -1.82. The molecule has 0 saturated carbocycles. The van der Waals surface area contributed by atoms with E-state index in [4.69, 9.17) is 9.47 Å². The van der Waals surface area contributed by atoms with Gasteiger partial charge in [-0.25, -0.2) is 4.39 Å². The maximum Gasteiger partial charge on any atom is 0.193 e. The van der Waals surface area contributed by atoms with Gasteiger partial charge < -0.3 is 19.7 Å². The molecule has 0 spiro atoms. The largest absolute Gasteiger partial charge is 0.494 e. The van der Waals surface area contributed by atoms with Crippen LogP contribution < -0.4 is 10.1 Å². The maximum absolute atomic E-state index is 12.8. The molecular weight excluding hydrogens is 309 g/mol. The quantitative estimate of drug-likeness (QED) is 0.472. The summed E-state index contributed by atoms with van der Waals surface area (Å²) in [6.45, 7) is 6.14. The lowest BCUT2D eigenvalue weighted by Gasteiger charge is -2.34. The second kappa shape index (κ2) is 10.1. The minimum Gasteiger partial charge on any atom is -0.494 e. The van der Waals surface area contributed by atoms with Crippen LogP contribution in [0.1, 0.15) is 26.2 Å². The van der Waals surface area contributed by atoms with Gasteiger partial charge in [-0.05, 0) is 50.5 Å². The molecule has 1 aliphatic rings. The first-order valence-electron chi connectivity index (χ1n) is 8.68. The summed E-state index contributed by atoms with van der Waals surface area (Å²) in [5.74, 6) is 1.38. The predicted molar refractivity (Wildman–Crippen MR) is 94.1 cm³/mol. The Morgan fingerprint density at radius 3 is 2.62 bits per heavy atom. The van der Waals surface area contributed by atoms with Crippen molar-refractivity contribution in [1.29, 1.82) is 0 Å². The lowest BCUT2D eigenvalue weighted by atomic mass is 10.1. The van der Waals surface area contributed by atoms with E-state index >= 15 is 0 Å². The van der Waals surface area contributed by atoms with Gasteiger partial charge in [0.05, 0.1) is 12.7 Å². The van der Waals surface area contributed by atoms with E-state index in [0.29, 0.717) is 18.5 Å². The number of rotatable bonds is 7. The molecule has 1 saturated heterocycles. The van der Waals surface area contributed by atoms with Gasteiger partial charge in [-0.2, -0.15) is 0 Å². The molecular formula is C18H28FN3O2. The highest BCUT2D eigenvalue weighted by Gasteiger charge is 2.21. The van der Waals surface area contributed by atoms with Crippen molar-refractivity contribution in [3.8, 4) is 5.75 Å². The maximum atomic E-state index is 12.8. The van der Waals surface area contributed by atoms with Gasteiger partial charge in [-0.1, -0.05) is 0 Å². The Morgan fingerprint density at radius 2 is 2.00 bits per heavy atom. The first-order chi connectivity index (χ1) is 11.7. The first kappa shape index (κ1) is 18.5. The van der Waals surface area contributed by atoms with Crippen LogP contribution >= 0.6 is 0 Å². The Kier molecular flexibility index (Phi) is 7.82. The second-order valence-electron chi connectivity index (χ2n) is 5.77. The van der Waals surface area contributed by atoms with Crippen molar-refractivity contribution >= 4 is 5.96 Å². The van der Waals surface area contributed by atoms with Crippen LogP contribution in [-0.4, -0.2) is 56.9 Å². The van der Waals surface area contributed by atoms with Crippen molar-refractivity contribution in [2.75, 3.05) is 39.9 Å². The SMILES string of the molecule is CCOC1CCN(C(=NC)NCCCOc2ccc(F)cc2)CC1. The average molecular weight is 337 g/mol. The molecule has 0 radical (unpaired) electrons. The van der Waals surface area contributed by atoms with Crippen LogP contribution in [-0.2, 0) is 4.74 Å². The molecule has 0 unspecified atom stereocenters. The fourth-order valence-electron chi connectivity index (χ4n) is 2.80. The third-order valence-electron chi connectivity index (χ3n) is 4.04. The van der Waals surface area contributed by atoms with Crippen molar-refractivity contribution < 1.29 is 13.9 Å². The number of benzene rings is 1. The molecule has 0 atom stereocenters. The third kappa shape index (κ3) is 6.00. The molecule has 24 heavy (non-hydrogen) atoms. The lowest BCUT2D eigenvalue weighted by Crippen LogP contribution is -2.47. The summed E-state index contributed by atoms with van der Waals surface area (Å²) in [4.78, 5) is 6.63. The number of hydrogen-bond donors (Lipinski definition) is 1. The van der Waals surface area contributed by atoms with Gasteiger partial charge in [0.2, 0.25) is 0 Å². The highest BCUT2D eigenvalue weighted by Crippen LogP contribution is 2.14. The van der Waals surface area contributed by atoms with E-state index in [0.717, 1.165) is 51.5 Å². The average Bonchev–Trinajstić information content (AvgIpc) is 2.61. The first-order valence-corrected chi connectivity index (χ1v) is 8.68. The number of aliphatic imine (C=N–C) groups is 1. The minimum absolute atomic E-state index is 0.249. The normalized spacial score (nSPS) is 16.3. The third-order valence-corrected chi connectivity index (χ3v) is 4.04. The van der Waals surface area contributed by atoms with Crippen LogP contribution in [0, 0.1) is 5.82 Å². The molecule has 0 bridgehead atoms. The van der Waals surface area contributed by atoms with Gasteiger partial charge in [0.15, 0.2) is 5.96 Å². The van der Waals surface area contributed by atoms with Gasteiger partial charge in [-0.3, -0.25) is 4.99 Å². The van der Waals surface area contributed by atoms with Crippen molar-refractivity contribution in [3.63, 3.8) is 0 Å². The summed E-state index contributed by atoms with van der Waals surface area (Å²) < 4.78 is 24.1. The number of nitrogens with one attached hydrogen (secondary N) is 1. The Morgan fingerprint density at radius 1 is 1.29 bits per heavy atom. The van der Waals surface area contributed by atoms with E-state index in [1.165, 1.54) is 12.1 Å². The molecule has 1 aliphatic heterocycles. The van der Waals surface area contributed by atoms with E-state index in [-0.39, 0.29) is 5.82 Å². The van der Waals surface area contributed by atoms with Crippen molar-refractivity contribution in [1.82, 2.24) is 10.2 Å². The molecule has 6 heteroatoms. The molecule has 0 aliphatic carbocycles. The molecule has 134 valence electrons. The van der Waals surface area contributed by atoms with Crippen LogP contribution in [0.4, 0.5) is 4.39 Å². The number of likely N-dealkylation sites (tertiary alicyclic amines) is 1. The second-order valence-corrected chi connectivity index (χ2v) is 5.77. The fourth-order valence-corrected chi connectivity index (χ4v) is 2.80. The number of piperidine rings is 1. The standard InChI is InChI=1S/C18H28FN3O2/c1-3-23-17-9-12-22(13-10-17)18(20-2)21-11-4-14-24-16-7-5-15(19)6-8-16/h5-8,17H,3-4,9-14H2,1-2H3,(H,20,21). The Bertz CT molecular complexity index is 499. The van der Waals surface area contributed by atoms with E-state index in [1.807, 2.05) is 14.0 Å². The molecule has 2 rings (SSSR count). The van der Waals surface area contributed by atoms with Crippen LogP contribution in [0.3, 0.4) is 0 Å². The van der Waals surface area contributed by atoms with E-state index in [9.17, 15) is 4.39 Å². The zero-order chi connectivity index (χ0) is 17.2. The molecule has 0 amide bonds. The zero-order valence-corrected chi connectivity index (χ0v) is 14.6. The van der Waals surface area contributed by atoms with Crippen molar-refractivity contribution in [3.05, 3.63) is 30.1 Å². The number of hydrogen-bond acceptors (Lipinski definition) is 3. The highest BCUT2D eigenvalue weighted by atomic mass is 19.1. The van der Waals surface area contributed by atoms with Gasteiger partial charge >= 0.3 is 0 Å². The van der Waals surface area contributed by atoms with Gasteiger partial charge in [0, 0.05) is 33.3 Å². The number of guanidine groups is 1. The molecule has 1 N–H and O–H groups in total. The fraction of sp³-hybridized carbons (Fsp3) is 0.611. The summed E-state index contributed by atoms with van der Waals surface area (Å²) in [5.41, 5.74) is 0. The van der Waals surface area contributed by atoms with E-state index in [1.54, 1.807) is 12.1 Å². The topological polar surface area (TPSA) is 46.1 Å². The Labute approximate surface area is 143 Å². The number of nitrogens with zero attached hydrogens (tertiary/aromatic N) is 2. The monoisotopic (exact) mass is 337 g/mol. The van der Waals surface area contributed by atoms with Gasteiger partial charge in [0.1, 0.15) is 11.6 Å².